The number of benzene rings is 3. The molecule has 8 nitrogen and oxygen atoms in total. The van der Waals surface area contributed by atoms with Crippen molar-refractivity contribution in [3.63, 3.8) is 0 Å². The highest BCUT2D eigenvalue weighted by Gasteiger charge is 2.47. The Morgan fingerprint density at radius 3 is 2.56 bits per heavy atom. The van der Waals surface area contributed by atoms with Crippen LogP contribution in [0.5, 0.6) is 0 Å². The van der Waals surface area contributed by atoms with Crippen molar-refractivity contribution < 1.29 is 23.5 Å². The summed E-state index contributed by atoms with van der Waals surface area (Å²) in [4.78, 5) is 40.8. The molecule has 0 saturated carbocycles. The van der Waals surface area contributed by atoms with E-state index in [4.69, 9.17) is 20.8 Å². The summed E-state index contributed by atoms with van der Waals surface area (Å²) in [5, 5.41) is 6.25. The Hall–Kier alpha value is -4.56. The summed E-state index contributed by atoms with van der Waals surface area (Å²) in [6, 6.07) is 23.8. The van der Waals surface area contributed by atoms with Gasteiger partial charge in [-0.05, 0) is 66.6 Å². The van der Waals surface area contributed by atoms with Gasteiger partial charge in [-0.3, -0.25) is 14.5 Å². The van der Waals surface area contributed by atoms with Gasteiger partial charge in [-0.1, -0.05) is 53.6 Å². The first-order valence-electron chi connectivity index (χ1n) is 12.4. The number of nitrogens with zero attached hydrogens (tertiary/aromatic N) is 1. The van der Waals surface area contributed by atoms with Crippen LogP contribution in [-0.4, -0.2) is 28.8 Å². The Labute approximate surface area is 230 Å². The molecule has 39 heavy (non-hydrogen) atoms. The van der Waals surface area contributed by atoms with Crippen molar-refractivity contribution in [1.82, 2.24) is 10.2 Å². The maximum atomic E-state index is 13.5. The van der Waals surface area contributed by atoms with E-state index in [1.54, 1.807) is 66.7 Å². The predicted octanol–water partition coefficient (Wildman–Crippen LogP) is 5.87. The molecule has 3 amide bonds. The van der Waals surface area contributed by atoms with Crippen molar-refractivity contribution in [2.45, 2.75) is 32.2 Å². The summed E-state index contributed by atoms with van der Waals surface area (Å²) >= 11 is 6.15. The van der Waals surface area contributed by atoms with Gasteiger partial charge in [0.05, 0.1) is 19.4 Å². The van der Waals surface area contributed by atoms with Gasteiger partial charge in [0.2, 0.25) is 5.91 Å². The number of furan rings is 1. The van der Waals surface area contributed by atoms with Gasteiger partial charge in [-0.25, -0.2) is 4.79 Å². The number of anilines is 1. The van der Waals surface area contributed by atoms with Crippen molar-refractivity contribution in [3.8, 4) is 0 Å². The molecule has 2 atom stereocenters. The zero-order valence-corrected chi connectivity index (χ0v) is 21.9. The van der Waals surface area contributed by atoms with Gasteiger partial charge in [0.15, 0.2) is 12.1 Å². The number of carbonyl (C=O) groups excluding carboxylic acids is 3. The Bertz CT molecular complexity index is 1500. The number of halogens is 1. The van der Waals surface area contributed by atoms with E-state index >= 15 is 0 Å². The average Bonchev–Trinajstić information content (AvgIpc) is 3.56. The molecule has 0 spiro atoms. The average molecular weight is 544 g/mol. The lowest BCUT2D eigenvalue weighted by molar-refractivity contribution is -0.126. The van der Waals surface area contributed by atoms with Crippen LogP contribution in [0.3, 0.4) is 0 Å². The van der Waals surface area contributed by atoms with E-state index in [1.807, 2.05) is 25.1 Å². The highest BCUT2D eigenvalue weighted by Crippen LogP contribution is 2.35. The Balaban J connectivity index is 1.41. The Morgan fingerprint density at radius 1 is 0.974 bits per heavy atom. The van der Waals surface area contributed by atoms with E-state index in [9.17, 15) is 14.4 Å². The summed E-state index contributed by atoms with van der Waals surface area (Å²) in [7, 11) is 0. The molecule has 4 aromatic rings. The second kappa shape index (κ2) is 11.4. The van der Waals surface area contributed by atoms with Crippen LogP contribution in [0.25, 0.3) is 0 Å². The lowest BCUT2D eigenvalue weighted by Crippen LogP contribution is -2.46. The third-order valence-corrected chi connectivity index (χ3v) is 6.60. The van der Waals surface area contributed by atoms with E-state index in [-0.39, 0.29) is 19.0 Å². The molecule has 3 aromatic carbocycles. The molecule has 1 aliphatic heterocycles. The Morgan fingerprint density at radius 2 is 1.79 bits per heavy atom. The molecule has 1 saturated heterocycles. The molecule has 1 fully saturated rings. The van der Waals surface area contributed by atoms with Crippen LogP contribution in [0.4, 0.5) is 10.5 Å². The van der Waals surface area contributed by atoms with Crippen LogP contribution in [0, 0.1) is 6.92 Å². The van der Waals surface area contributed by atoms with Crippen molar-refractivity contribution in [1.29, 1.82) is 0 Å². The third kappa shape index (κ3) is 6.13. The first kappa shape index (κ1) is 26.1. The summed E-state index contributed by atoms with van der Waals surface area (Å²) in [5.74, 6) is -0.0968. The quantitative estimate of drug-likeness (QED) is 0.289. The minimum absolute atomic E-state index is 0.124. The van der Waals surface area contributed by atoms with Gasteiger partial charge in [0.25, 0.3) is 5.91 Å². The number of nitrogens with one attached hydrogen (secondary N) is 2. The summed E-state index contributed by atoms with van der Waals surface area (Å²) < 4.78 is 11.1. The van der Waals surface area contributed by atoms with Crippen molar-refractivity contribution in [2.24, 2.45) is 0 Å². The molecule has 1 aromatic heterocycles. The molecule has 0 radical (unpaired) electrons. The fourth-order valence-corrected chi connectivity index (χ4v) is 4.73. The van der Waals surface area contributed by atoms with Gasteiger partial charge >= 0.3 is 6.09 Å². The van der Waals surface area contributed by atoms with E-state index in [1.165, 1.54) is 11.2 Å². The number of ether oxygens (including phenoxy) is 1. The van der Waals surface area contributed by atoms with E-state index < -0.39 is 24.1 Å². The molecule has 0 unspecified atom stereocenters. The molecule has 9 heteroatoms. The zero-order chi connectivity index (χ0) is 27.4. The lowest BCUT2D eigenvalue weighted by Gasteiger charge is -2.24. The summed E-state index contributed by atoms with van der Waals surface area (Å²) in [6.45, 7) is 2.19. The largest absolute Gasteiger partial charge is 0.467 e. The van der Waals surface area contributed by atoms with Crippen LogP contribution >= 0.6 is 11.6 Å². The Kier molecular flexibility index (Phi) is 7.65. The molecular formula is C30H26ClN3O5. The molecule has 198 valence electrons. The van der Waals surface area contributed by atoms with Crippen LogP contribution in [0.2, 0.25) is 5.02 Å². The molecule has 1 aliphatic rings. The van der Waals surface area contributed by atoms with Crippen molar-refractivity contribution in [3.05, 3.63) is 124 Å². The first-order chi connectivity index (χ1) is 18.9. The minimum Gasteiger partial charge on any atom is -0.467 e. The van der Waals surface area contributed by atoms with Gasteiger partial charge in [0.1, 0.15) is 5.76 Å². The minimum atomic E-state index is -0.978. The normalized spacial score (nSPS) is 16.6. The molecular weight excluding hydrogens is 518 g/mol. The fraction of sp³-hybridized carbons (Fsp3) is 0.167. The van der Waals surface area contributed by atoms with Gasteiger partial charge in [-0.15, -0.1) is 0 Å². The topological polar surface area (TPSA) is 101 Å². The van der Waals surface area contributed by atoms with Crippen molar-refractivity contribution >= 4 is 35.2 Å². The molecule has 2 N–H and O–H groups in total. The number of rotatable bonds is 8. The number of hydrogen-bond acceptors (Lipinski definition) is 5. The fourth-order valence-electron chi connectivity index (χ4n) is 4.52. The molecule has 0 aliphatic carbocycles. The highest BCUT2D eigenvalue weighted by atomic mass is 35.5. The van der Waals surface area contributed by atoms with E-state index in [2.05, 4.69) is 10.6 Å². The monoisotopic (exact) mass is 543 g/mol. The number of aryl methyl sites for hydroxylation is 1. The van der Waals surface area contributed by atoms with Crippen LogP contribution in [-0.2, 0) is 22.6 Å². The second-order valence-electron chi connectivity index (χ2n) is 9.25. The number of carbonyl (C=O) groups is 3. The van der Waals surface area contributed by atoms with E-state index in [0.29, 0.717) is 27.6 Å². The second-order valence-corrected chi connectivity index (χ2v) is 9.69. The number of cyclic esters (lactones) is 1. The lowest BCUT2D eigenvalue weighted by atomic mass is 10.00. The molecule has 5 rings (SSSR count). The molecule has 2 heterocycles. The van der Waals surface area contributed by atoms with Crippen molar-refractivity contribution in [2.75, 3.05) is 5.32 Å². The summed E-state index contributed by atoms with van der Waals surface area (Å²) in [5.41, 5.74) is 3.33. The third-order valence-electron chi connectivity index (χ3n) is 6.37. The van der Waals surface area contributed by atoms with E-state index in [0.717, 1.165) is 11.1 Å². The standard InChI is InChI=1S/C30H26ClN3O5/c1-19-6-2-9-22(14-19)28(35)33-24-11-4-8-21(16-24)27-26(29(36)32-17-25-12-5-13-38-25)34(30(37)39-27)18-20-7-3-10-23(31)15-20/h2-16,26-27H,17-18H2,1H3,(H,32,36)(H,33,35)/t26-,27-/m0/s1. The number of amides is 3. The number of hydrogen-bond donors (Lipinski definition) is 2. The smallest absolute Gasteiger partial charge is 0.411 e. The maximum Gasteiger partial charge on any atom is 0.411 e. The van der Waals surface area contributed by atoms with Gasteiger partial charge in [0, 0.05) is 16.3 Å². The maximum absolute atomic E-state index is 13.5. The van der Waals surface area contributed by atoms with Crippen LogP contribution in [0.15, 0.2) is 95.6 Å². The predicted molar refractivity (Wildman–Crippen MR) is 146 cm³/mol. The van der Waals surface area contributed by atoms with Gasteiger partial charge in [-0.2, -0.15) is 0 Å². The molecule has 0 bridgehead atoms. The highest BCUT2D eigenvalue weighted by molar-refractivity contribution is 6.30. The van der Waals surface area contributed by atoms with Crippen LogP contribution < -0.4 is 10.6 Å². The zero-order valence-electron chi connectivity index (χ0n) is 21.1. The SMILES string of the molecule is Cc1cccc(C(=O)Nc2cccc([C@@H]3OC(=O)N(Cc4cccc(Cl)c4)[C@@H]3C(=O)NCc3ccco3)c2)c1. The van der Waals surface area contributed by atoms with Crippen LogP contribution in [0.1, 0.15) is 38.9 Å². The first-order valence-corrected chi connectivity index (χ1v) is 12.7. The summed E-state index contributed by atoms with van der Waals surface area (Å²) in [6.07, 6.45) is -0.0227. The van der Waals surface area contributed by atoms with Gasteiger partial charge < -0.3 is 19.8 Å².